The van der Waals surface area contributed by atoms with Crippen LogP contribution in [0.3, 0.4) is 0 Å². The fourth-order valence-corrected chi connectivity index (χ4v) is 2.05. The second-order valence-electron chi connectivity index (χ2n) is 4.99. The molecule has 2 atom stereocenters. The number of aryl methyl sites for hydroxylation is 1. The van der Waals surface area contributed by atoms with E-state index in [1.54, 1.807) is 29.9 Å². The van der Waals surface area contributed by atoms with E-state index in [9.17, 15) is 4.79 Å². The predicted molar refractivity (Wildman–Crippen MR) is 66.1 cm³/mol. The van der Waals surface area contributed by atoms with Crippen molar-refractivity contribution in [2.75, 3.05) is 6.61 Å². The van der Waals surface area contributed by atoms with Crippen molar-refractivity contribution >= 4 is 17.0 Å². The molecule has 2 aromatic rings. The molecule has 1 aromatic carbocycles. The number of benzene rings is 1. The van der Waals surface area contributed by atoms with Gasteiger partial charge in [-0.3, -0.25) is 0 Å². The zero-order valence-corrected chi connectivity index (χ0v) is 10.5. The van der Waals surface area contributed by atoms with E-state index >= 15 is 0 Å². The first kappa shape index (κ1) is 11.2. The average molecular weight is 245 g/mol. The van der Waals surface area contributed by atoms with E-state index in [0.717, 1.165) is 17.5 Å². The second kappa shape index (κ2) is 4.08. The lowest BCUT2D eigenvalue weighted by Gasteiger charge is -2.04. The van der Waals surface area contributed by atoms with Crippen LogP contribution in [0.25, 0.3) is 11.0 Å². The maximum absolute atomic E-state index is 11.9. The second-order valence-corrected chi connectivity index (χ2v) is 4.99. The Morgan fingerprint density at radius 1 is 1.56 bits per heavy atom. The molecule has 1 aromatic heterocycles. The van der Waals surface area contributed by atoms with E-state index in [4.69, 9.17) is 4.74 Å². The fraction of sp³-hybridized carbons (Fsp3) is 0.462. The Morgan fingerprint density at radius 3 is 3.06 bits per heavy atom. The Bertz CT molecular complexity index is 605. The van der Waals surface area contributed by atoms with Crippen molar-refractivity contribution in [3.8, 4) is 0 Å². The van der Waals surface area contributed by atoms with Gasteiger partial charge in [0, 0.05) is 7.05 Å². The lowest BCUT2D eigenvalue weighted by atomic mass is 10.2. The number of nitrogens with zero attached hydrogens (tertiary/aromatic N) is 3. The van der Waals surface area contributed by atoms with Gasteiger partial charge in [0.15, 0.2) is 0 Å². The highest BCUT2D eigenvalue weighted by atomic mass is 16.5. The summed E-state index contributed by atoms with van der Waals surface area (Å²) in [6.45, 7) is 2.70. The summed E-state index contributed by atoms with van der Waals surface area (Å²) in [5, 5.41) is 7.88. The number of fused-ring (bicyclic) bond motifs is 1. The summed E-state index contributed by atoms with van der Waals surface area (Å²) in [6, 6.07) is 5.29. The van der Waals surface area contributed by atoms with E-state index in [1.807, 2.05) is 0 Å². The Morgan fingerprint density at radius 2 is 2.33 bits per heavy atom. The molecule has 1 saturated carbocycles. The molecular formula is C13H15N3O2. The van der Waals surface area contributed by atoms with Crippen LogP contribution in [0, 0.1) is 11.8 Å². The number of hydrogen-bond acceptors (Lipinski definition) is 4. The standard InChI is InChI=1S/C13H15N3O2/c1-8-5-10(8)7-18-13(17)9-3-4-11-12(6-9)16(2)15-14-11/h3-4,6,8,10H,5,7H2,1-2H3/t8-,10-/m0/s1. The highest BCUT2D eigenvalue weighted by Crippen LogP contribution is 2.37. The Hall–Kier alpha value is -1.91. The largest absolute Gasteiger partial charge is 0.462 e. The van der Waals surface area contributed by atoms with E-state index in [-0.39, 0.29) is 5.97 Å². The van der Waals surface area contributed by atoms with Gasteiger partial charge in [-0.2, -0.15) is 0 Å². The quantitative estimate of drug-likeness (QED) is 0.773. The summed E-state index contributed by atoms with van der Waals surface area (Å²) < 4.78 is 6.95. The molecule has 0 spiro atoms. The lowest BCUT2D eigenvalue weighted by molar-refractivity contribution is 0.0481. The maximum atomic E-state index is 11.9. The van der Waals surface area contributed by atoms with Gasteiger partial charge in [-0.15, -0.1) is 5.10 Å². The molecule has 0 aliphatic heterocycles. The van der Waals surface area contributed by atoms with Crippen LogP contribution in [-0.2, 0) is 11.8 Å². The Kier molecular flexibility index (Phi) is 2.54. The van der Waals surface area contributed by atoms with Crippen molar-refractivity contribution in [1.29, 1.82) is 0 Å². The van der Waals surface area contributed by atoms with E-state index in [2.05, 4.69) is 17.2 Å². The molecule has 0 saturated heterocycles. The molecule has 3 rings (SSSR count). The smallest absolute Gasteiger partial charge is 0.338 e. The van der Waals surface area contributed by atoms with Gasteiger partial charge in [0.25, 0.3) is 0 Å². The van der Waals surface area contributed by atoms with Crippen LogP contribution >= 0.6 is 0 Å². The molecule has 1 aliphatic rings. The summed E-state index contributed by atoms with van der Waals surface area (Å²) in [7, 11) is 1.80. The topological polar surface area (TPSA) is 57.0 Å². The maximum Gasteiger partial charge on any atom is 0.338 e. The van der Waals surface area contributed by atoms with Crippen LogP contribution in [0.1, 0.15) is 23.7 Å². The summed E-state index contributed by atoms with van der Waals surface area (Å²) in [5.74, 6) is 0.981. The van der Waals surface area contributed by atoms with Crippen molar-refractivity contribution in [1.82, 2.24) is 15.0 Å². The fourth-order valence-electron chi connectivity index (χ4n) is 2.05. The number of hydrogen-bond donors (Lipinski definition) is 0. The number of carbonyl (C=O) groups excluding carboxylic acids is 1. The van der Waals surface area contributed by atoms with E-state index in [0.29, 0.717) is 24.0 Å². The minimum atomic E-state index is -0.266. The summed E-state index contributed by atoms with van der Waals surface area (Å²) in [5.41, 5.74) is 2.18. The summed E-state index contributed by atoms with van der Waals surface area (Å²) in [6.07, 6.45) is 1.16. The van der Waals surface area contributed by atoms with Crippen LogP contribution in [-0.4, -0.2) is 27.6 Å². The molecule has 5 heteroatoms. The molecule has 94 valence electrons. The highest BCUT2D eigenvalue weighted by Gasteiger charge is 2.33. The van der Waals surface area contributed by atoms with Crippen LogP contribution in [0.2, 0.25) is 0 Å². The predicted octanol–water partition coefficient (Wildman–Crippen LogP) is 1.78. The Balaban J connectivity index is 1.76. The first-order valence-corrected chi connectivity index (χ1v) is 6.11. The van der Waals surface area contributed by atoms with Crippen molar-refractivity contribution in [3.63, 3.8) is 0 Å². The number of ether oxygens (including phenoxy) is 1. The van der Waals surface area contributed by atoms with E-state index in [1.165, 1.54) is 0 Å². The van der Waals surface area contributed by atoms with Gasteiger partial charge in [0.05, 0.1) is 17.7 Å². The van der Waals surface area contributed by atoms with E-state index < -0.39 is 0 Å². The minimum Gasteiger partial charge on any atom is -0.462 e. The molecule has 1 aliphatic carbocycles. The van der Waals surface area contributed by atoms with Gasteiger partial charge in [0.1, 0.15) is 5.52 Å². The third-order valence-corrected chi connectivity index (χ3v) is 3.55. The summed E-state index contributed by atoms with van der Waals surface area (Å²) >= 11 is 0. The molecular weight excluding hydrogens is 230 g/mol. The van der Waals surface area contributed by atoms with Crippen molar-refractivity contribution < 1.29 is 9.53 Å². The molecule has 1 heterocycles. The molecule has 0 amide bonds. The van der Waals surface area contributed by atoms with Crippen molar-refractivity contribution in [2.24, 2.45) is 18.9 Å². The van der Waals surface area contributed by atoms with Crippen LogP contribution in [0.15, 0.2) is 18.2 Å². The first-order chi connectivity index (χ1) is 8.65. The zero-order chi connectivity index (χ0) is 12.7. The van der Waals surface area contributed by atoms with Crippen LogP contribution in [0.5, 0.6) is 0 Å². The van der Waals surface area contributed by atoms with Gasteiger partial charge in [-0.25, -0.2) is 9.48 Å². The van der Waals surface area contributed by atoms with Crippen LogP contribution < -0.4 is 0 Å². The monoisotopic (exact) mass is 245 g/mol. The van der Waals surface area contributed by atoms with Gasteiger partial charge in [-0.1, -0.05) is 12.1 Å². The number of aromatic nitrogens is 3. The van der Waals surface area contributed by atoms with Crippen LogP contribution in [0.4, 0.5) is 0 Å². The summed E-state index contributed by atoms with van der Waals surface area (Å²) in [4.78, 5) is 11.9. The molecule has 0 N–H and O–H groups in total. The number of esters is 1. The molecule has 18 heavy (non-hydrogen) atoms. The normalized spacial score (nSPS) is 22.1. The molecule has 0 radical (unpaired) electrons. The molecule has 0 bridgehead atoms. The third kappa shape index (κ3) is 1.96. The SMILES string of the molecule is C[C@H]1C[C@H]1COC(=O)c1ccc2nnn(C)c2c1. The third-order valence-electron chi connectivity index (χ3n) is 3.55. The van der Waals surface area contributed by atoms with Gasteiger partial charge < -0.3 is 4.74 Å². The van der Waals surface area contributed by atoms with Gasteiger partial charge in [-0.05, 0) is 36.5 Å². The van der Waals surface area contributed by atoms with Crippen molar-refractivity contribution in [3.05, 3.63) is 23.8 Å². The number of rotatable bonds is 3. The van der Waals surface area contributed by atoms with Crippen molar-refractivity contribution in [2.45, 2.75) is 13.3 Å². The molecule has 1 fully saturated rings. The molecule has 5 nitrogen and oxygen atoms in total. The minimum absolute atomic E-state index is 0.266. The van der Waals surface area contributed by atoms with Gasteiger partial charge in [0.2, 0.25) is 0 Å². The average Bonchev–Trinajstić information content (AvgIpc) is 2.96. The molecule has 0 unspecified atom stereocenters. The zero-order valence-electron chi connectivity index (χ0n) is 10.5. The lowest BCUT2D eigenvalue weighted by Crippen LogP contribution is -2.08. The Labute approximate surface area is 105 Å². The highest BCUT2D eigenvalue weighted by molar-refractivity contribution is 5.93. The first-order valence-electron chi connectivity index (χ1n) is 6.11. The number of carbonyl (C=O) groups is 1. The van der Waals surface area contributed by atoms with Gasteiger partial charge >= 0.3 is 5.97 Å².